The van der Waals surface area contributed by atoms with Gasteiger partial charge in [-0.3, -0.25) is 4.79 Å². The van der Waals surface area contributed by atoms with Crippen LogP contribution in [0.3, 0.4) is 0 Å². The van der Waals surface area contributed by atoms with Crippen LogP contribution in [-0.2, 0) is 0 Å². The quantitative estimate of drug-likeness (QED) is 0.581. The molecule has 0 saturated heterocycles. The van der Waals surface area contributed by atoms with Gasteiger partial charge in [0.05, 0.1) is 27.8 Å². The minimum Gasteiger partial charge on any atom is -0.545 e. The van der Waals surface area contributed by atoms with Gasteiger partial charge in [-0.05, 0) is 53.6 Å². The third kappa shape index (κ3) is 5.24. The zero-order chi connectivity index (χ0) is 21.1. The predicted molar refractivity (Wildman–Crippen MR) is 108 cm³/mol. The summed E-state index contributed by atoms with van der Waals surface area (Å²) in [6, 6.07) is 14.6. The van der Waals surface area contributed by atoms with E-state index >= 15 is 0 Å². The number of hydrogen-bond donors (Lipinski definition) is 2. The molecule has 0 bridgehead atoms. The monoisotopic (exact) mass is 435 g/mol. The van der Waals surface area contributed by atoms with Gasteiger partial charge >= 0.3 is 24.8 Å². The van der Waals surface area contributed by atoms with E-state index in [4.69, 9.17) is 28.3 Å². The van der Waals surface area contributed by atoms with Crippen LogP contribution in [0.15, 0.2) is 60.7 Å². The van der Waals surface area contributed by atoms with E-state index < -0.39 is 17.8 Å². The van der Waals surface area contributed by atoms with Gasteiger partial charge in [0.15, 0.2) is 0 Å². The number of carbonyl (C=O) groups excluding carboxylic acids is 2. The van der Waals surface area contributed by atoms with Crippen molar-refractivity contribution in [3.63, 3.8) is 0 Å². The first kappa shape index (κ1) is 23.5. The molecule has 0 radical (unpaired) electrons. The Morgan fingerprint density at radius 1 is 0.867 bits per heavy atom. The zero-order valence-corrected chi connectivity index (χ0v) is 17.1. The van der Waals surface area contributed by atoms with Gasteiger partial charge in [-0.15, -0.1) is 0 Å². The van der Waals surface area contributed by atoms with Crippen LogP contribution in [0.1, 0.15) is 31.1 Å². The maximum atomic E-state index is 12.5. The SMILES string of the molecule is O=C(O)c1cccc(-c2ccc(NC(=O)c3ccc(Cl)cc3Cl)c(C(=O)[O-])c2)c1.[Li+]. The summed E-state index contributed by atoms with van der Waals surface area (Å²) in [5, 5.41) is 23.7. The van der Waals surface area contributed by atoms with Crippen molar-refractivity contribution in [1.29, 1.82) is 0 Å². The number of anilines is 1. The van der Waals surface area contributed by atoms with Gasteiger partial charge in [-0.2, -0.15) is 0 Å². The second kappa shape index (κ2) is 9.83. The summed E-state index contributed by atoms with van der Waals surface area (Å²) in [6.07, 6.45) is 0. The van der Waals surface area contributed by atoms with Crippen molar-refractivity contribution in [2.75, 3.05) is 5.32 Å². The van der Waals surface area contributed by atoms with E-state index in [9.17, 15) is 19.5 Å². The molecule has 0 aliphatic heterocycles. The van der Waals surface area contributed by atoms with E-state index in [2.05, 4.69) is 5.32 Å². The molecule has 3 aromatic rings. The number of rotatable bonds is 5. The Kier molecular flexibility index (Phi) is 7.71. The molecule has 0 spiro atoms. The molecule has 0 heterocycles. The maximum absolute atomic E-state index is 12.5. The van der Waals surface area contributed by atoms with E-state index in [1.54, 1.807) is 18.2 Å². The fourth-order valence-corrected chi connectivity index (χ4v) is 3.19. The molecule has 0 aliphatic rings. The molecule has 146 valence electrons. The van der Waals surface area contributed by atoms with Crippen LogP contribution in [-0.4, -0.2) is 23.0 Å². The van der Waals surface area contributed by atoms with Crippen LogP contribution < -0.4 is 29.3 Å². The first-order chi connectivity index (χ1) is 13.8. The normalized spacial score (nSPS) is 10.1. The molecule has 0 unspecified atom stereocenters. The Bertz CT molecular complexity index is 1150. The van der Waals surface area contributed by atoms with Crippen LogP contribution in [0.5, 0.6) is 0 Å². The van der Waals surface area contributed by atoms with E-state index in [1.807, 2.05) is 0 Å². The van der Waals surface area contributed by atoms with Crippen LogP contribution >= 0.6 is 23.2 Å². The topological polar surface area (TPSA) is 107 Å². The second-order valence-electron chi connectivity index (χ2n) is 6.01. The molecule has 0 fully saturated rings. The number of carboxylic acids is 2. The summed E-state index contributed by atoms with van der Waals surface area (Å²) >= 11 is 11.8. The van der Waals surface area contributed by atoms with Crippen LogP contribution in [0, 0.1) is 0 Å². The minimum atomic E-state index is -1.50. The Hall–Kier alpha value is -2.75. The summed E-state index contributed by atoms with van der Waals surface area (Å²) in [4.78, 5) is 35.2. The van der Waals surface area contributed by atoms with Crippen molar-refractivity contribution in [2.45, 2.75) is 0 Å². The smallest absolute Gasteiger partial charge is 0.545 e. The predicted octanol–water partition coefficient (Wildman–Crippen LogP) is 0.978. The van der Waals surface area contributed by atoms with Gasteiger partial charge in [-0.1, -0.05) is 41.4 Å². The molecule has 6 nitrogen and oxygen atoms in total. The molecule has 30 heavy (non-hydrogen) atoms. The summed E-state index contributed by atoms with van der Waals surface area (Å²) in [6.45, 7) is 0. The average Bonchev–Trinajstić information content (AvgIpc) is 2.68. The second-order valence-corrected chi connectivity index (χ2v) is 6.86. The summed E-state index contributed by atoms with van der Waals surface area (Å²) in [7, 11) is 0. The molecule has 0 saturated carbocycles. The zero-order valence-electron chi connectivity index (χ0n) is 15.6. The van der Waals surface area contributed by atoms with Crippen molar-refractivity contribution in [1.82, 2.24) is 0 Å². The van der Waals surface area contributed by atoms with Gasteiger partial charge in [0.1, 0.15) is 0 Å². The van der Waals surface area contributed by atoms with E-state index in [0.717, 1.165) is 0 Å². The first-order valence-corrected chi connectivity index (χ1v) is 8.97. The molecule has 3 rings (SSSR count). The van der Waals surface area contributed by atoms with Gasteiger partial charge in [0, 0.05) is 10.6 Å². The van der Waals surface area contributed by atoms with E-state index in [1.165, 1.54) is 42.5 Å². The molecule has 0 aliphatic carbocycles. The van der Waals surface area contributed by atoms with Crippen molar-refractivity contribution in [3.05, 3.63) is 87.4 Å². The van der Waals surface area contributed by atoms with Crippen molar-refractivity contribution in [2.24, 2.45) is 0 Å². The molecular formula is C21H12Cl2LiNO5. The number of halogens is 2. The van der Waals surface area contributed by atoms with Crippen LogP contribution in [0.4, 0.5) is 5.69 Å². The number of hydrogen-bond acceptors (Lipinski definition) is 4. The number of amides is 1. The summed E-state index contributed by atoms with van der Waals surface area (Å²) in [5.41, 5.74) is 0.896. The fourth-order valence-electron chi connectivity index (χ4n) is 2.70. The van der Waals surface area contributed by atoms with Crippen molar-refractivity contribution < 1.29 is 43.5 Å². The van der Waals surface area contributed by atoms with Gasteiger partial charge in [0.2, 0.25) is 0 Å². The number of nitrogens with one attached hydrogen (secondary N) is 1. The first-order valence-electron chi connectivity index (χ1n) is 8.22. The molecule has 2 N–H and O–H groups in total. The summed E-state index contributed by atoms with van der Waals surface area (Å²) in [5.74, 6) is -3.22. The standard InChI is InChI=1S/C21H13Cl2NO5.Li/c22-14-5-6-15(17(23)10-14)19(25)24-18-7-4-12(9-16(18)21(28)29)11-2-1-3-13(8-11)20(26)27;/h1-10H,(H,24,25)(H,26,27)(H,28,29);/q;+1/p-1. The Balaban J connectivity index is 0.00000320. The summed E-state index contributed by atoms with van der Waals surface area (Å²) < 4.78 is 0. The largest absolute Gasteiger partial charge is 1.00 e. The third-order valence-electron chi connectivity index (χ3n) is 4.11. The average molecular weight is 436 g/mol. The van der Waals surface area contributed by atoms with E-state index in [0.29, 0.717) is 16.1 Å². The van der Waals surface area contributed by atoms with Crippen molar-refractivity contribution in [3.8, 4) is 11.1 Å². The van der Waals surface area contributed by atoms with Crippen LogP contribution in [0.2, 0.25) is 10.0 Å². The number of benzene rings is 3. The van der Waals surface area contributed by atoms with Gasteiger partial charge < -0.3 is 20.3 Å². The molecule has 9 heteroatoms. The maximum Gasteiger partial charge on any atom is 1.00 e. The number of carboxylic acid groups (broad SMARTS) is 2. The number of carbonyl (C=O) groups is 3. The Morgan fingerprint density at radius 2 is 1.57 bits per heavy atom. The molecule has 0 atom stereocenters. The third-order valence-corrected chi connectivity index (χ3v) is 4.65. The molecule has 3 aromatic carbocycles. The molecule has 1 amide bonds. The fraction of sp³-hybridized carbons (Fsp3) is 0. The van der Waals surface area contributed by atoms with Gasteiger partial charge in [-0.25, -0.2) is 4.79 Å². The molecular weight excluding hydrogens is 424 g/mol. The Morgan fingerprint density at radius 3 is 2.20 bits per heavy atom. The minimum absolute atomic E-state index is 0. The number of aromatic carboxylic acids is 2. The van der Waals surface area contributed by atoms with Gasteiger partial charge in [0.25, 0.3) is 5.91 Å². The van der Waals surface area contributed by atoms with Crippen LogP contribution in [0.25, 0.3) is 11.1 Å². The van der Waals surface area contributed by atoms with Crippen molar-refractivity contribution >= 4 is 46.7 Å². The molecule has 0 aromatic heterocycles. The van der Waals surface area contributed by atoms with E-state index in [-0.39, 0.29) is 46.3 Å². The Labute approximate surface area is 193 Å².